The first-order valence-corrected chi connectivity index (χ1v) is 6.64. The Morgan fingerprint density at radius 2 is 2.05 bits per heavy atom. The summed E-state index contributed by atoms with van der Waals surface area (Å²) < 4.78 is 14.4. The first kappa shape index (κ1) is 14.5. The third kappa shape index (κ3) is 3.16. The molecule has 0 aromatic heterocycles. The number of carbonyl (C=O) groups excluding carboxylic acids is 1. The molecular weight excluding hydrogens is 347 g/mol. The molecule has 2 rings (SSSR count). The van der Waals surface area contributed by atoms with Crippen molar-refractivity contribution in [1.82, 2.24) is 0 Å². The van der Waals surface area contributed by atoms with E-state index < -0.39 is 11.7 Å². The molecule has 0 aliphatic rings. The molecule has 1 N–H and O–H groups in total. The van der Waals surface area contributed by atoms with Crippen molar-refractivity contribution in [3.8, 4) is 6.07 Å². The Labute approximate surface area is 128 Å². The van der Waals surface area contributed by atoms with Gasteiger partial charge in [0, 0.05) is 4.47 Å². The van der Waals surface area contributed by atoms with Crippen molar-refractivity contribution >= 4 is 39.1 Å². The van der Waals surface area contributed by atoms with Crippen molar-refractivity contribution < 1.29 is 9.18 Å². The minimum atomic E-state index is -0.677. The van der Waals surface area contributed by atoms with E-state index in [1.165, 1.54) is 12.1 Å². The molecule has 0 atom stereocenters. The number of nitrogens with one attached hydrogen (secondary N) is 1. The van der Waals surface area contributed by atoms with Crippen LogP contribution in [0.25, 0.3) is 0 Å². The molecule has 2 aromatic carbocycles. The second-order valence-corrected chi connectivity index (χ2v) is 5.21. The summed E-state index contributed by atoms with van der Waals surface area (Å²) in [6.45, 7) is 0. The monoisotopic (exact) mass is 352 g/mol. The van der Waals surface area contributed by atoms with E-state index >= 15 is 0 Å². The third-order valence-corrected chi connectivity index (χ3v) is 3.34. The van der Waals surface area contributed by atoms with Gasteiger partial charge in [-0.05, 0) is 36.4 Å². The number of rotatable bonds is 2. The number of benzene rings is 2. The van der Waals surface area contributed by atoms with Crippen molar-refractivity contribution in [3.63, 3.8) is 0 Å². The fraction of sp³-hybridized carbons (Fsp3) is 0. The van der Waals surface area contributed by atoms with Crippen LogP contribution in [0, 0.1) is 17.1 Å². The van der Waals surface area contributed by atoms with E-state index in [2.05, 4.69) is 21.2 Å². The lowest BCUT2D eigenvalue weighted by Crippen LogP contribution is -2.13. The van der Waals surface area contributed by atoms with Gasteiger partial charge in [0.2, 0.25) is 0 Å². The van der Waals surface area contributed by atoms with E-state index in [1.54, 1.807) is 18.2 Å². The number of halogens is 3. The summed E-state index contributed by atoms with van der Waals surface area (Å²) in [5, 5.41) is 11.3. The number of carbonyl (C=O) groups is 1. The maximum atomic E-state index is 13.7. The standard InChI is InChI=1S/C14H7BrClFN2O/c15-9-2-3-11(16)10(6-9)14(20)19-13-4-1-8(7-18)5-12(13)17/h1-6H,(H,19,20). The van der Waals surface area contributed by atoms with Crippen molar-refractivity contribution in [2.75, 3.05) is 5.32 Å². The van der Waals surface area contributed by atoms with Gasteiger partial charge in [-0.15, -0.1) is 0 Å². The van der Waals surface area contributed by atoms with Gasteiger partial charge in [0.1, 0.15) is 5.82 Å². The zero-order chi connectivity index (χ0) is 14.7. The molecule has 0 unspecified atom stereocenters. The summed E-state index contributed by atoms with van der Waals surface area (Å²) in [7, 11) is 0. The smallest absolute Gasteiger partial charge is 0.257 e. The van der Waals surface area contributed by atoms with Crippen LogP contribution in [0.3, 0.4) is 0 Å². The molecule has 6 heteroatoms. The van der Waals surface area contributed by atoms with Crippen LogP contribution >= 0.6 is 27.5 Å². The van der Waals surface area contributed by atoms with Gasteiger partial charge in [0.05, 0.1) is 27.9 Å². The number of anilines is 1. The highest BCUT2D eigenvalue weighted by molar-refractivity contribution is 9.10. The molecule has 2 aromatic rings. The van der Waals surface area contributed by atoms with Gasteiger partial charge in [-0.25, -0.2) is 4.39 Å². The molecule has 0 spiro atoms. The Morgan fingerprint density at radius 3 is 2.70 bits per heavy atom. The summed E-state index contributed by atoms with van der Waals surface area (Å²) in [4.78, 5) is 12.0. The quantitative estimate of drug-likeness (QED) is 0.872. The highest BCUT2D eigenvalue weighted by Gasteiger charge is 2.13. The predicted molar refractivity (Wildman–Crippen MR) is 78.2 cm³/mol. The highest BCUT2D eigenvalue weighted by atomic mass is 79.9. The first-order valence-electron chi connectivity index (χ1n) is 5.47. The molecule has 0 aliphatic heterocycles. The maximum absolute atomic E-state index is 13.7. The average Bonchev–Trinajstić information content (AvgIpc) is 2.43. The van der Waals surface area contributed by atoms with Crippen LogP contribution in [0.15, 0.2) is 40.9 Å². The molecular formula is C14H7BrClFN2O. The van der Waals surface area contributed by atoms with Crippen LogP contribution in [0.2, 0.25) is 5.02 Å². The molecule has 0 saturated carbocycles. The van der Waals surface area contributed by atoms with E-state index in [0.717, 1.165) is 6.07 Å². The van der Waals surface area contributed by atoms with Crippen LogP contribution in [-0.2, 0) is 0 Å². The predicted octanol–water partition coefficient (Wildman–Crippen LogP) is 4.37. The molecule has 3 nitrogen and oxygen atoms in total. The summed E-state index contributed by atoms with van der Waals surface area (Å²) in [5.41, 5.74) is 0.399. The van der Waals surface area contributed by atoms with Crippen LogP contribution in [0.5, 0.6) is 0 Å². The molecule has 0 fully saturated rings. The van der Waals surface area contributed by atoms with Crippen LogP contribution in [0.4, 0.5) is 10.1 Å². The van der Waals surface area contributed by atoms with Gasteiger partial charge in [-0.1, -0.05) is 27.5 Å². The Bertz CT molecular complexity index is 728. The second kappa shape index (κ2) is 6.04. The van der Waals surface area contributed by atoms with E-state index in [9.17, 15) is 9.18 Å². The molecule has 0 aliphatic carbocycles. The Balaban J connectivity index is 2.28. The zero-order valence-corrected chi connectivity index (χ0v) is 12.3. The molecule has 0 bridgehead atoms. The number of nitriles is 1. The van der Waals surface area contributed by atoms with Crippen molar-refractivity contribution in [2.24, 2.45) is 0 Å². The molecule has 1 amide bonds. The topological polar surface area (TPSA) is 52.9 Å². The normalized spacial score (nSPS) is 9.90. The highest BCUT2D eigenvalue weighted by Crippen LogP contribution is 2.23. The molecule has 0 saturated heterocycles. The lowest BCUT2D eigenvalue weighted by atomic mass is 10.2. The average molecular weight is 354 g/mol. The lowest BCUT2D eigenvalue weighted by molar-refractivity contribution is 0.102. The van der Waals surface area contributed by atoms with Gasteiger partial charge < -0.3 is 5.32 Å². The molecule has 20 heavy (non-hydrogen) atoms. The van der Waals surface area contributed by atoms with Gasteiger partial charge in [0.15, 0.2) is 0 Å². The van der Waals surface area contributed by atoms with Gasteiger partial charge >= 0.3 is 0 Å². The summed E-state index contributed by atoms with van der Waals surface area (Å²) >= 11 is 9.16. The van der Waals surface area contributed by atoms with Crippen molar-refractivity contribution in [1.29, 1.82) is 5.26 Å². The number of amides is 1. The summed E-state index contributed by atoms with van der Waals surface area (Å²) in [6, 6.07) is 10.4. The SMILES string of the molecule is N#Cc1ccc(NC(=O)c2cc(Br)ccc2Cl)c(F)c1. The fourth-order valence-electron chi connectivity index (χ4n) is 1.55. The van der Waals surface area contributed by atoms with Crippen LogP contribution < -0.4 is 5.32 Å². The maximum Gasteiger partial charge on any atom is 0.257 e. The summed E-state index contributed by atoms with van der Waals surface area (Å²) in [5.74, 6) is -1.21. The minimum Gasteiger partial charge on any atom is -0.319 e. The molecule has 100 valence electrons. The largest absolute Gasteiger partial charge is 0.319 e. The Morgan fingerprint density at radius 1 is 1.30 bits per heavy atom. The molecule has 0 heterocycles. The van der Waals surface area contributed by atoms with E-state index in [4.69, 9.17) is 16.9 Å². The van der Waals surface area contributed by atoms with Crippen molar-refractivity contribution in [2.45, 2.75) is 0 Å². The van der Waals surface area contributed by atoms with Crippen molar-refractivity contribution in [3.05, 3.63) is 62.8 Å². The Kier molecular flexibility index (Phi) is 4.38. The zero-order valence-electron chi connectivity index (χ0n) is 9.95. The van der Waals surface area contributed by atoms with E-state index in [0.29, 0.717) is 4.47 Å². The summed E-state index contributed by atoms with van der Waals surface area (Å²) in [6.07, 6.45) is 0. The number of hydrogen-bond donors (Lipinski definition) is 1. The second-order valence-electron chi connectivity index (χ2n) is 3.88. The fourth-order valence-corrected chi connectivity index (χ4v) is 2.11. The molecule has 0 radical (unpaired) electrons. The van der Waals surface area contributed by atoms with Gasteiger partial charge in [-0.2, -0.15) is 5.26 Å². The third-order valence-electron chi connectivity index (χ3n) is 2.52. The number of hydrogen-bond acceptors (Lipinski definition) is 2. The lowest BCUT2D eigenvalue weighted by Gasteiger charge is -2.08. The van der Waals surface area contributed by atoms with Crippen LogP contribution in [0.1, 0.15) is 15.9 Å². The van der Waals surface area contributed by atoms with E-state index in [-0.39, 0.29) is 21.8 Å². The first-order chi connectivity index (χ1) is 9.51. The number of nitrogens with zero attached hydrogens (tertiary/aromatic N) is 1. The van der Waals surface area contributed by atoms with E-state index in [1.807, 2.05) is 6.07 Å². The van der Waals surface area contributed by atoms with Crippen LogP contribution in [-0.4, -0.2) is 5.91 Å². The van der Waals surface area contributed by atoms with Gasteiger partial charge in [-0.3, -0.25) is 4.79 Å². The Hall–Kier alpha value is -1.90. The minimum absolute atomic E-state index is 0.00922. The van der Waals surface area contributed by atoms with Gasteiger partial charge in [0.25, 0.3) is 5.91 Å².